The molecule has 0 radical (unpaired) electrons. The van der Waals surface area contributed by atoms with E-state index < -0.39 is 11.7 Å². The highest BCUT2D eigenvalue weighted by Crippen LogP contribution is 2.36. The van der Waals surface area contributed by atoms with E-state index in [0.717, 1.165) is 31.7 Å². The molecule has 4 rings (SSSR count). The predicted molar refractivity (Wildman–Crippen MR) is 115 cm³/mol. The highest BCUT2D eigenvalue weighted by molar-refractivity contribution is 5.77. The van der Waals surface area contributed by atoms with E-state index in [4.69, 9.17) is 0 Å². The van der Waals surface area contributed by atoms with Crippen LogP contribution < -0.4 is 0 Å². The summed E-state index contributed by atoms with van der Waals surface area (Å²) in [7, 11) is 1.96. The van der Waals surface area contributed by atoms with Gasteiger partial charge in [-0.05, 0) is 61.4 Å². The summed E-state index contributed by atoms with van der Waals surface area (Å²) in [6.07, 6.45) is 0.0462. The fourth-order valence-corrected chi connectivity index (χ4v) is 5.02. The van der Waals surface area contributed by atoms with Crippen LogP contribution in [-0.2, 0) is 23.9 Å². The van der Waals surface area contributed by atoms with E-state index in [1.54, 1.807) is 6.07 Å². The van der Waals surface area contributed by atoms with Crippen molar-refractivity contribution in [1.29, 1.82) is 0 Å². The predicted octanol–water partition coefficient (Wildman–Crippen LogP) is 5.25. The summed E-state index contributed by atoms with van der Waals surface area (Å²) in [5.41, 5.74) is 2.75. The highest BCUT2D eigenvalue weighted by atomic mass is 19.4. The third-order valence-electron chi connectivity index (χ3n) is 6.80. The molecule has 1 aliphatic heterocycles. The number of amides is 1. The van der Waals surface area contributed by atoms with E-state index in [9.17, 15) is 18.0 Å². The van der Waals surface area contributed by atoms with E-state index in [1.165, 1.54) is 23.3 Å². The largest absolute Gasteiger partial charge is 0.416 e. The van der Waals surface area contributed by atoms with Crippen molar-refractivity contribution in [3.05, 3.63) is 70.8 Å². The molecule has 0 aromatic heterocycles. The fourth-order valence-electron chi connectivity index (χ4n) is 5.02. The lowest BCUT2D eigenvalue weighted by Crippen LogP contribution is -2.45. The summed E-state index contributed by atoms with van der Waals surface area (Å²) >= 11 is 0. The second kappa shape index (κ2) is 9.03. The third kappa shape index (κ3) is 5.12. The molecule has 0 saturated carbocycles. The lowest BCUT2D eigenvalue weighted by atomic mass is 9.96. The average molecular weight is 431 g/mol. The second-order valence-electron chi connectivity index (χ2n) is 8.86. The number of likely N-dealkylation sites (tertiary alicyclic amines) is 1. The van der Waals surface area contributed by atoms with Crippen molar-refractivity contribution in [2.24, 2.45) is 0 Å². The maximum atomic E-state index is 13.0. The van der Waals surface area contributed by atoms with Crippen molar-refractivity contribution >= 4 is 5.91 Å². The van der Waals surface area contributed by atoms with Gasteiger partial charge in [-0.3, -0.25) is 9.69 Å². The zero-order valence-electron chi connectivity index (χ0n) is 17.9. The lowest BCUT2D eigenvalue weighted by molar-refractivity contribution is -0.137. The highest BCUT2D eigenvalue weighted by Gasteiger charge is 2.31. The van der Waals surface area contributed by atoms with Gasteiger partial charge in [-0.25, -0.2) is 0 Å². The van der Waals surface area contributed by atoms with Gasteiger partial charge in [0.2, 0.25) is 5.91 Å². The Morgan fingerprint density at radius 2 is 1.81 bits per heavy atom. The Balaban J connectivity index is 1.28. The molecule has 166 valence electrons. The van der Waals surface area contributed by atoms with Gasteiger partial charge < -0.3 is 4.90 Å². The number of hydrogen-bond donors (Lipinski definition) is 0. The molecule has 31 heavy (non-hydrogen) atoms. The summed E-state index contributed by atoms with van der Waals surface area (Å²) in [6.45, 7) is 1.90. The second-order valence-corrected chi connectivity index (χ2v) is 8.86. The first kappa shape index (κ1) is 21.9. The monoisotopic (exact) mass is 430 g/mol. The van der Waals surface area contributed by atoms with Gasteiger partial charge in [0, 0.05) is 32.1 Å². The third-order valence-corrected chi connectivity index (χ3v) is 6.80. The molecule has 2 aromatic rings. The van der Waals surface area contributed by atoms with Gasteiger partial charge >= 0.3 is 6.18 Å². The fraction of sp³-hybridized carbons (Fsp3) is 0.480. The van der Waals surface area contributed by atoms with Crippen LogP contribution in [0.1, 0.15) is 53.9 Å². The molecule has 2 aromatic carbocycles. The van der Waals surface area contributed by atoms with Crippen LogP contribution in [0.4, 0.5) is 13.2 Å². The van der Waals surface area contributed by atoms with Crippen molar-refractivity contribution in [3.8, 4) is 0 Å². The molecule has 0 N–H and O–H groups in total. The number of fused-ring (bicyclic) bond motifs is 1. The molecule has 2 aliphatic rings. The molecule has 1 aliphatic carbocycles. The Hall–Kier alpha value is -2.34. The molecular formula is C25H29F3N2O. The normalized spacial score (nSPS) is 19.6. The Bertz CT molecular complexity index is 919. The summed E-state index contributed by atoms with van der Waals surface area (Å²) in [5, 5.41) is 0. The van der Waals surface area contributed by atoms with Crippen LogP contribution in [0.15, 0.2) is 48.5 Å². The molecule has 1 saturated heterocycles. The van der Waals surface area contributed by atoms with Crippen molar-refractivity contribution in [1.82, 2.24) is 9.80 Å². The van der Waals surface area contributed by atoms with Crippen molar-refractivity contribution in [3.63, 3.8) is 0 Å². The number of carbonyl (C=O) groups is 1. The van der Waals surface area contributed by atoms with Gasteiger partial charge in [-0.15, -0.1) is 0 Å². The Morgan fingerprint density at radius 3 is 2.55 bits per heavy atom. The van der Waals surface area contributed by atoms with Crippen LogP contribution in [-0.4, -0.2) is 41.9 Å². The van der Waals surface area contributed by atoms with E-state index in [-0.39, 0.29) is 11.9 Å². The average Bonchev–Trinajstić information content (AvgIpc) is 3.16. The van der Waals surface area contributed by atoms with E-state index in [0.29, 0.717) is 37.5 Å². The van der Waals surface area contributed by atoms with Crippen molar-refractivity contribution in [2.45, 2.75) is 56.8 Å². The van der Waals surface area contributed by atoms with Gasteiger partial charge in [-0.1, -0.05) is 42.5 Å². The van der Waals surface area contributed by atoms with Crippen LogP contribution in [0.3, 0.4) is 0 Å². The molecule has 3 nitrogen and oxygen atoms in total. The zero-order valence-corrected chi connectivity index (χ0v) is 17.9. The Kier molecular flexibility index (Phi) is 6.37. The van der Waals surface area contributed by atoms with E-state index >= 15 is 0 Å². The van der Waals surface area contributed by atoms with Crippen molar-refractivity contribution in [2.75, 3.05) is 20.1 Å². The number of benzene rings is 2. The minimum Gasteiger partial charge on any atom is -0.343 e. The number of nitrogens with zero attached hydrogens (tertiary/aromatic N) is 2. The lowest BCUT2D eigenvalue weighted by Gasteiger charge is -2.37. The van der Waals surface area contributed by atoms with Crippen LogP contribution in [0, 0.1) is 0 Å². The van der Waals surface area contributed by atoms with E-state index in [2.05, 4.69) is 23.1 Å². The van der Waals surface area contributed by atoms with Gasteiger partial charge in [0.1, 0.15) is 0 Å². The number of aryl methyl sites for hydroxylation is 1. The van der Waals surface area contributed by atoms with Crippen LogP contribution in [0.5, 0.6) is 0 Å². The molecular weight excluding hydrogens is 401 g/mol. The molecule has 1 heterocycles. The first-order chi connectivity index (χ1) is 14.8. The van der Waals surface area contributed by atoms with E-state index in [1.807, 2.05) is 18.0 Å². The number of piperidine rings is 1. The summed E-state index contributed by atoms with van der Waals surface area (Å²) in [6, 6.07) is 14.2. The van der Waals surface area contributed by atoms with Gasteiger partial charge in [0.25, 0.3) is 0 Å². The van der Waals surface area contributed by atoms with Crippen LogP contribution >= 0.6 is 0 Å². The number of hydrogen-bond acceptors (Lipinski definition) is 2. The molecule has 1 atom stereocenters. The SMILES string of the molecule is CN(Cc1cccc(C(F)(F)F)c1)C1CCN(C(=O)CC2CCc3ccccc32)CC1. The Labute approximate surface area is 181 Å². The van der Waals surface area contributed by atoms with Crippen molar-refractivity contribution < 1.29 is 18.0 Å². The number of carbonyl (C=O) groups excluding carboxylic acids is 1. The maximum Gasteiger partial charge on any atom is 0.416 e. The first-order valence-corrected chi connectivity index (χ1v) is 11.0. The number of alkyl halides is 3. The Morgan fingerprint density at radius 1 is 1.06 bits per heavy atom. The molecule has 6 heteroatoms. The van der Waals surface area contributed by atoms with Gasteiger partial charge in [0.15, 0.2) is 0 Å². The minimum atomic E-state index is -4.32. The zero-order chi connectivity index (χ0) is 22.0. The molecule has 0 bridgehead atoms. The molecule has 0 spiro atoms. The summed E-state index contributed by atoms with van der Waals surface area (Å²) in [4.78, 5) is 17.0. The standard InChI is InChI=1S/C25H29F3N2O/c1-29(17-18-5-4-7-21(15-18)25(26,27)28)22-11-13-30(14-12-22)24(31)16-20-10-9-19-6-2-3-8-23(19)20/h2-8,15,20,22H,9-14,16-17H2,1H3. The molecule has 1 unspecified atom stereocenters. The quantitative estimate of drug-likeness (QED) is 0.647. The summed E-state index contributed by atoms with van der Waals surface area (Å²) in [5.74, 6) is 0.547. The van der Waals surface area contributed by atoms with Gasteiger partial charge in [0.05, 0.1) is 5.56 Å². The topological polar surface area (TPSA) is 23.6 Å². The van der Waals surface area contributed by atoms with Crippen LogP contribution in [0.2, 0.25) is 0 Å². The van der Waals surface area contributed by atoms with Gasteiger partial charge in [-0.2, -0.15) is 13.2 Å². The number of rotatable bonds is 5. The molecule has 1 fully saturated rings. The van der Waals surface area contributed by atoms with Crippen LogP contribution in [0.25, 0.3) is 0 Å². The summed E-state index contributed by atoms with van der Waals surface area (Å²) < 4.78 is 38.9. The number of halogens is 3. The smallest absolute Gasteiger partial charge is 0.343 e. The maximum absolute atomic E-state index is 13.0. The molecule has 1 amide bonds. The first-order valence-electron chi connectivity index (χ1n) is 11.0. The minimum absolute atomic E-state index is 0.223.